The minimum Gasteiger partial charge on any atom is -0.299 e. The molecular weight excluding hydrogens is 316 g/mol. The van der Waals surface area contributed by atoms with Crippen LogP contribution in [0.4, 0.5) is 0 Å². The molecule has 0 heterocycles. The van der Waals surface area contributed by atoms with E-state index in [-0.39, 0.29) is 0 Å². The van der Waals surface area contributed by atoms with Gasteiger partial charge in [-0.2, -0.15) is 0 Å². The van der Waals surface area contributed by atoms with Gasteiger partial charge in [0.25, 0.3) is 0 Å². The Morgan fingerprint density at radius 1 is 0.462 bits per heavy atom. The van der Waals surface area contributed by atoms with Crippen molar-refractivity contribution in [2.45, 2.75) is 143 Å². The molecule has 26 heavy (non-hydrogen) atoms. The van der Waals surface area contributed by atoms with Gasteiger partial charge in [0.2, 0.25) is 0 Å². The summed E-state index contributed by atoms with van der Waals surface area (Å²) in [5, 5.41) is 0. The lowest BCUT2D eigenvalue weighted by Gasteiger charge is -2.22. The van der Waals surface area contributed by atoms with Gasteiger partial charge in [-0.3, -0.25) is 4.79 Å². The molecule has 0 aromatic carbocycles. The van der Waals surface area contributed by atoms with Gasteiger partial charge in [0, 0.05) is 11.8 Å². The molecule has 2 atom stereocenters. The highest BCUT2D eigenvalue weighted by Gasteiger charge is 2.25. The molecule has 0 spiro atoms. The van der Waals surface area contributed by atoms with Crippen LogP contribution in [0.1, 0.15) is 143 Å². The molecule has 0 aliphatic heterocycles. The van der Waals surface area contributed by atoms with Crippen molar-refractivity contribution < 1.29 is 4.79 Å². The molecule has 2 unspecified atom stereocenters. The van der Waals surface area contributed by atoms with E-state index in [2.05, 4.69) is 27.7 Å². The largest absolute Gasteiger partial charge is 0.299 e. The zero-order valence-electron chi connectivity index (χ0n) is 18.8. The number of rotatable bonds is 20. The van der Waals surface area contributed by atoms with Gasteiger partial charge in [-0.05, 0) is 25.7 Å². The molecule has 0 saturated heterocycles. The van der Waals surface area contributed by atoms with Crippen molar-refractivity contribution >= 4 is 5.78 Å². The van der Waals surface area contributed by atoms with E-state index in [1.807, 2.05) is 0 Å². The number of carbonyl (C=O) groups excluding carboxylic acids is 1. The molecule has 0 amide bonds. The monoisotopic (exact) mass is 366 g/mol. The second kappa shape index (κ2) is 19.4. The highest BCUT2D eigenvalue weighted by Crippen LogP contribution is 2.27. The third-order valence-electron chi connectivity index (χ3n) is 5.89. The third kappa shape index (κ3) is 13.8. The molecule has 0 N–H and O–H groups in total. The highest BCUT2D eigenvalue weighted by atomic mass is 16.1. The molecule has 0 saturated carbocycles. The van der Waals surface area contributed by atoms with Crippen molar-refractivity contribution in [3.8, 4) is 0 Å². The predicted molar refractivity (Wildman–Crippen MR) is 118 cm³/mol. The smallest absolute Gasteiger partial charge is 0.139 e. The lowest BCUT2D eigenvalue weighted by Crippen LogP contribution is -2.24. The number of unbranched alkanes of at least 4 members (excludes halogenated alkanes) is 10. The van der Waals surface area contributed by atoms with Crippen molar-refractivity contribution in [1.82, 2.24) is 0 Å². The van der Waals surface area contributed by atoms with Crippen LogP contribution in [0, 0.1) is 11.8 Å². The predicted octanol–water partition coefficient (Wildman–Crippen LogP) is 8.89. The minimum absolute atomic E-state index is 0.350. The Labute approximate surface area is 166 Å². The molecule has 0 aromatic rings. The summed E-state index contributed by atoms with van der Waals surface area (Å²) < 4.78 is 0. The molecule has 0 rings (SSSR count). The van der Waals surface area contributed by atoms with Crippen LogP contribution in [-0.4, -0.2) is 5.78 Å². The maximum absolute atomic E-state index is 13.2. The van der Waals surface area contributed by atoms with Gasteiger partial charge in [-0.15, -0.1) is 0 Å². The van der Waals surface area contributed by atoms with Crippen LogP contribution in [0.3, 0.4) is 0 Å². The van der Waals surface area contributed by atoms with Crippen LogP contribution in [0.2, 0.25) is 0 Å². The van der Waals surface area contributed by atoms with Crippen molar-refractivity contribution in [1.29, 1.82) is 0 Å². The van der Waals surface area contributed by atoms with Gasteiger partial charge in [0.15, 0.2) is 0 Å². The van der Waals surface area contributed by atoms with Crippen molar-refractivity contribution in [2.24, 2.45) is 11.8 Å². The normalized spacial score (nSPS) is 13.7. The second-order valence-electron chi connectivity index (χ2n) is 8.49. The number of Topliss-reactive ketones (excluding diaryl/α,β-unsaturated/α-hetero) is 1. The first kappa shape index (κ1) is 25.7. The standard InChI is InChI=1S/C25H50O/c1-5-9-11-13-15-17-21-23(19-7-3)25(26)24(20-8-4)22-18-16-14-12-10-6-2/h23-24H,5-22H2,1-4H3. The number of carbonyl (C=O) groups is 1. The molecule has 1 heteroatoms. The molecule has 0 radical (unpaired) electrons. The lowest BCUT2D eigenvalue weighted by atomic mass is 9.81. The summed E-state index contributed by atoms with van der Waals surface area (Å²) in [6, 6.07) is 0. The molecule has 0 aliphatic rings. The fourth-order valence-corrected chi connectivity index (χ4v) is 4.23. The second-order valence-corrected chi connectivity index (χ2v) is 8.49. The number of ketones is 1. The first-order valence-corrected chi connectivity index (χ1v) is 12.2. The molecule has 0 fully saturated rings. The Morgan fingerprint density at radius 2 is 0.808 bits per heavy atom. The van der Waals surface area contributed by atoms with Crippen LogP contribution in [0.5, 0.6) is 0 Å². The van der Waals surface area contributed by atoms with Crippen LogP contribution in [-0.2, 0) is 4.79 Å². The molecule has 156 valence electrons. The van der Waals surface area contributed by atoms with Gasteiger partial charge in [0.1, 0.15) is 5.78 Å². The van der Waals surface area contributed by atoms with Gasteiger partial charge >= 0.3 is 0 Å². The maximum atomic E-state index is 13.2. The summed E-state index contributed by atoms with van der Waals surface area (Å²) in [5.41, 5.74) is 0. The average molecular weight is 367 g/mol. The van der Waals surface area contributed by atoms with E-state index in [0.717, 1.165) is 38.5 Å². The average Bonchev–Trinajstić information content (AvgIpc) is 2.65. The van der Waals surface area contributed by atoms with E-state index in [4.69, 9.17) is 0 Å². The first-order valence-electron chi connectivity index (χ1n) is 12.2. The van der Waals surface area contributed by atoms with E-state index in [0.29, 0.717) is 17.6 Å². The summed E-state index contributed by atoms with van der Waals surface area (Å²) in [6.45, 7) is 9.02. The summed E-state index contributed by atoms with van der Waals surface area (Å²) >= 11 is 0. The SMILES string of the molecule is CCCCCCCCC(CCC)C(=O)C(CCC)CCCCCCCC. The lowest BCUT2D eigenvalue weighted by molar-refractivity contribution is -0.127. The third-order valence-corrected chi connectivity index (χ3v) is 5.89. The number of hydrogen-bond donors (Lipinski definition) is 0. The van der Waals surface area contributed by atoms with Gasteiger partial charge in [0.05, 0.1) is 0 Å². The topological polar surface area (TPSA) is 17.1 Å². The van der Waals surface area contributed by atoms with Crippen molar-refractivity contribution in [2.75, 3.05) is 0 Å². The number of hydrogen-bond acceptors (Lipinski definition) is 1. The van der Waals surface area contributed by atoms with Crippen LogP contribution in [0.25, 0.3) is 0 Å². The summed E-state index contributed by atoms with van der Waals surface area (Å²) in [6.07, 6.45) is 22.8. The fraction of sp³-hybridized carbons (Fsp3) is 0.960. The maximum Gasteiger partial charge on any atom is 0.139 e. The van der Waals surface area contributed by atoms with Gasteiger partial charge in [-0.25, -0.2) is 0 Å². The Kier molecular flexibility index (Phi) is 19.2. The molecule has 0 bridgehead atoms. The zero-order valence-corrected chi connectivity index (χ0v) is 18.8. The highest BCUT2D eigenvalue weighted by molar-refractivity contribution is 5.83. The first-order chi connectivity index (χ1) is 12.7. The van der Waals surface area contributed by atoms with Crippen LogP contribution in [0.15, 0.2) is 0 Å². The zero-order chi connectivity index (χ0) is 19.5. The summed E-state index contributed by atoms with van der Waals surface area (Å²) in [7, 11) is 0. The summed E-state index contributed by atoms with van der Waals surface area (Å²) in [4.78, 5) is 13.2. The Bertz CT molecular complexity index is 269. The fourth-order valence-electron chi connectivity index (χ4n) is 4.23. The van der Waals surface area contributed by atoms with Gasteiger partial charge < -0.3 is 0 Å². The van der Waals surface area contributed by atoms with E-state index in [1.54, 1.807) is 0 Å². The van der Waals surface area contributed by atoms with E-state index >= 15 is 0 Å². The Hall–Kier alpha value is -0.330. The molecule has 0 aliphatic carbocycles. The van der Waals surface area contributed by atoms with Crippen molar-refractivity contribution in [3.63, 3.8) is 0 Å². The van der Waals surface area contributed by atoms with Gasteiger partial charge in [-0.1, -0.05) is 118 Å². The van der Waals surface area contributed by atoms with Crippen LogP contribution < -0.4 is 0 Å². The van der Waals surface area contributed by atoms with E-state index in [1.165, 1.54) is 77.0 Å². The molecule has 0 aromatic heterocycles. The summed E-state index contributed by atoms with van der Waals surface area (Å²) in [5.74, 6) is 1.32. The van der Waals surface area contributed by atoms with E-state index in [9.17, 15) is 4.79 Å². The van der Waals surface area contributed by atoms with E-state index < -0.39 is 0 Å². The minimum atomic E-state index is 0.350. The molecule has 1 nitrogen and oxygen atoms in total. The quantitative estimate of drug-likeness (QED) is 0.197. The van der Waals surface area contributed by atoms with Crippen molar-refractivity contribution in [3.05, 3.63) is 0 Å². The Morgan fingerprint density at radius 3 is 1.15 bits per heavy atom. The Balaban J connectivity index is 4.27. The van der Waals surface area contributed by atoms with Crippen LogP contribution >= 0.6 is 0 Å². The molecular formula is C25H50O.